The van der Waals surface area contributed by atoms with Gasteiger partial charge in [0.25, 0.3) is 6.01 Å². The maximum Gasteiger partial charge on any atom is 0.298 e. The van der Waals surface area contributed by atoms with E-state index in [9.17, 15) is 8.42 Å². The van der Waals surface area contributed by atoms with E-state index in [0.29, 0.717) is 27.4 Å². The Labute approximate surface area is 162 Å². The molecule has 5 rings (SSSR count). The zero-order valence-corrected chi connectivity index (χ0v) is 15.9. The molecule has 0 aliphatic carbocycles. The number of fused-ring (bicyclic) bond motifs is 2. The second-order valence-corrected chi connectivity index (χ2v) is 8.76. The Morgan fingerprint density at radius 1 is 0.964 bits per heavy atom. The van der Waals surface area contributed by atoms with E-state index in [0.717, 1.165) is 31.6 Å². The molecule has 0 spiro atoms. The molecule has 4 aromatic rings. The fraction of sp³-hybridized carbons (Fsp3) is 0.190. The summed E-state index contributed by atoms with van der Waals surface area (Å²) in [6.45, 7) is 3.38. The van der Waals surface area contributed by atoms with Crippen molar-refractivity contribution in [2.45, 2.75) is 9.79 Å². The van der Waals surface area contributed by atoms with E-state index in [1.807, 2.05) is 30.3 Å². The summed E-state index contributed by atoms with van der Waals surface area (Å²) in [4.78, 5) is 7.09. The monoisotopic (exact) mass is 393 g/mol. The number of nitrogens with zero attached hydrogens (tertiary/aromatic N) is 2. The minimum atomic E-state index is -3.68. The van der Waals surface area contributed by atoms with Crippen LogP contribution in [0.4, 0.5) is 6.01 Å². The number of benzene rings is 3. The standard InChI is InChI=1S/C21H19N3O3S/c25-28(26,20-7-3-5-15-4-1-2-6-17(15)20)16-8-9-18-19(14-16)27-21(23-18)24-12-10-22-11-13-24/h1-9,14,22H,10-13H2. The van der Waals surface area contributed by atoms with Crippen molar-refractivity contribution < 1.29 is 12.8 Å². The normalized spacial score (nSPS) is 15.4. The van der Waals surface area contributed by atoms with E-state index in [2.05, 4.69) is 15.2 Å². The van der Waals surface area contributed by atoms with Gasteiger partial charge in [-0.3, -0.25) is 0 Å². The summed E-state index contributed by atoms with van der Waals surface area (Å²) in [7, 11) is -3.68. The number of nitrogens with one attached hydrogen (secondary N) is 1. The van der Waals surface area contributed by atoms with Gasteiger partial charge in [-0.2, -0.15) is 4.98 Å². The number of anilines is 1. The number of oxazole rings is 1. The number of hydrogen-bond acceptors (Lipinski definition) is 6. The highest BCUT2D eigenvalue weighted by Gasteiger charge is 2.22. The van der Waals surface area contributed by atoms with Crippen LogP contribution in [-0.4, -0.2) is 39.6 Å². The first-order chi connectivity index (χ1) is 13.6. The Morgan fingerprint density at radius 3 is 2.61 bits per heavy atom. The third-order valence-corrected chi connectivity index (χ3v) is 6.90. The summed E-state index contributed by atoms with van der Waals surface area (Å²) in [5, 5.41) is 4.90. The van der Waals surface area contributed by atoms with Gasteiger partial charge in [-0.15, -0.1) is 0 Å². The number of hydrogen-bond donors (Lipinski definition) is 1. The molecule has 0 bridgehead atoms. The number of rotatable bonds is 3. The largest absolute Gasteiger partial charge is 0.423 e. The molecule has 0 saturated carbocycles. The maximum absolute atomic E-state index is 13.3. The second-order valence-electron chi connectivity index (χ2n) is 6.84. The molecule has 7 heteroatoms. The first kappa shape index (κ1) is 17.2. The SMILES string of the molecule is O=S(=O)(c1ccc2nc(N3CCNCC3)oc2c1)c1cccc2ccccc12. The Hall–Kier alpha value is -2.90. The van der Waals surface area contributed by atoms with Crippen LogP contribution < -0.4 is 10.2 Å². The molecule has 28 heavy (non-hydrogen) atoms. The lowest BCUT2D eigenvalue weighted by atomic mass is 10.1. The van der Waals surface area contributed by atoms with Gasteiger partial charge in [0.1, 0.15) is 5.52 Å². The molecule has 1 N–H and O–H groups in total. The molecule has 3 aromatic carbocycles. The molecular formula is C21H19N3O3S. The highest BCUT2D eigenvalue weighted by Crippen LogP contribution is 2.31. The molecule has 0 radical (unpaired) electrons. The molecular weight excluding hydrogens is 374 g/mol. The number of piperazine rings is 1. The van der Waals surface area contributed by atoms with Crippen molar-refractivity contribution in [3.05, 3.63) is 60.7 Å². The van der Waals surface area contributed by atoms with Crippen LogP contribution in [0.15, 0.2) is 74.9 Å². The highest BCUT2D eigenvalue weighted by molar-refractivity contribution is 7.91. The Kier molecular flexibility index (Phi) is 4.07. The first-order valence-corrected chi connectivity index (χ1v) is 10.7. The van der Waals surface area contributed by atoms with Gasteiger partial charge in [-0.25, -0.2) is 8.42 Å². The van der Waals surface area contributed by atoms with Crippen LogP contribution in [0, 0.1) is 0 Å². The molecule has 1 aromatic heterocycles. The summed E-state index contributed by atoms with van der Waals surface area (Å²) in [6.07, 6.45) is 0. The molecule has 0 atom stereocenters. The van der Waals surface area contributed by atoms with Crippen molar-refractivity contribution in [1.82, 2.24) is 10.3 Å². The van der Waals surface area contributed by atoms with Crippen molar-refractivity contribution in [2.24, 2.45) is 0 Å². The van der Waals surface area contributed by atoms with Gasteiger partial charge in [0.15, 0.2) is 5.58 Å². The van der Waals surface area contributed by atoms with Crippen molar-refractivity contribution in [3.8, 4) is 0 Å². The number of sulfone groups is 1. The van der Waals surface area contributed by atoms with Crippen molar-refractivity contribution >= 4 is 37.7 Å². The summed E-state index contributed by atoms with van der Waals surface area (Å²) < 4.78 is 32.5. The molecule has 1 aliphatic heterocycles. The van der Waals surface area contributed by atoms with Crippen LogP contribution in [0.3, 0.4) is 0 Å². The van der Waals surface area contributed by atoms with Crippen LogP contribution in [0.5, 0.6) is 0 Å². The van der Waals surface area contributed by atoms with Crippen molar-refractivity contribution in [3.63, 3.8) is 0 Å². The molecule has 6 nitrogen and oxygen atoms in total. The summed E-state index contributed by atoms with van der Waals surface area (Å²) in [5.41, 5.74) is 1.14. The molecule has 1 saturated heterocycles. The highest BCUT2D eigenvalue weighted by atomic mass is 32.2. The number of aromatic nitrogens is 1. The lowest BCUT2D eigenvalue weighted by molar-refractivity contribution is 0.517. The molecule has 142 valence electrons. The van der Waals surface area contributed by atoms with Gasteiger partial charge >= 0.3 is 0 Å². The first-order valence-electron chi connectivity index (χ1n) is 9.22. The van der Waals surface area contributed by atoms with Gasteiger partial charge in [0.05, 0.1) is 9.79 Å². The minimum Gasteiger partial charge on any atom is -0.423 e. The predicted octanol–water partition coefficient (Wildman–Crippen LogP) is 3.22. The van der Waals surface area contributed by atoms with Crippen LogP contribution in [0.1, 0.15) is 0 Å². The molecule has 1 fully saturated rings. The third-order valence-electron chi connectivity index (χ3n) is 5.09. The van der Waals surface area contributed by atoms with E-state index in [-0.39, 0.29) is 4.90 Å². The molecule has 0 amide bonds. The minimum absolute atomic E-state index is 0.208. The van der Waals surface area contributed by atoms with Crippen molar-refractivity contribution in [1.29, 1.82) is 0 Å². The predicted molar refractivity (Wildman–Crippen MR) is 108 cm³/mol. The third kappa shape index (κ3) is 2.83. The fourth-order valence-corrected chi connectivity index (χ4v) is 5.10. The van der Waals surface area contributed by atoms with Gasteiger partial charge in [0, 0.05) is 37.6 Å². The maximum atomic E-state index is 13.3. The average molecular weight is 393 g/mol. The van der Waals surface area contributed by atoms with Gasteiger partial charge in [-0.05, 0) is 23.6 Å². The van der Waals surface area contributed by atoms with Crippen LogP contribution in [0.2, 0.25) is 0 Å². The van der Waals surface area contributed by atoms with Crippen LogP contribution >= 0.6 is 0 Å². The summed E-state index contributed by atoms with van der Waals surface area (Å²) in [6, 6.07) is 18.2. The van der Waals surface area contributed by atoms with E-state index in [1.165, 1.54) is 0 Å². The quantitative estimate of drug-likeness (QED) is 0.576. The Bertz CT molecular complexity index is 1270. The van der Waals surface area contributed by atoms with Gasteiger partial charge in [-0.1, -0.05) is 36.4 Å². The molecule has 0 unspecified atom stereocenters. The molecule has 2 heterocycles. The fourth-order valence-electron chi connectivity index (χ4n) is 3.61. The van der Waals surface area contributed by atoms with Crippen LogP contribution in [-0.2, 0) is 9.84 Å². The van der Waals surface area contributed by atoms with E-state index < -0.39 is 9.84 Å². The zero-order valence-electron chi connectivity index (χ0n) is 15.1. The molecule has 1 aliphatic rings. The second kappa shape index (κ2) is 6.61. The Morgan fingerprint density at radius 2 is 1.75 bits per heavy atom. The Balaban J connectivity index is 1.59. The van der Waals surface area contributed by atoms with Crippen molar-refractivity contribution in [2.75, 3.05) is 31.1 Å². The lowest BCUT2D eigenvalue weighted by Crippen LogP contribution is -2.43. The average Bonchev–Trinajstić information content (AvgIpc) is 3.17. The summed E-state index contributed by atoms with van der Waals surface area (Å²) in [5.74, 6) is 0. The zero-order chi connectivity index (χ0) is 19.1. The topological polar surface area (TPSA) is 75.4 Å². The van der Waals surface area contributed by atoms with Gasteiger partial charge < -0.3 is 14.6 Å². The van der Waals surface area contributed by atoms with E-state index in [1.54, 1.807) is 30.3 Å². The van der Waals surface area contributed by atoms with Gasteiger partial charge in [0.2, 0.25) is 9.84 Å². The smallest absolute Gasteiger partial charge is 0.298 e. The van der Waals surface area contributed by atoms with E-state index >= 15 is 0 Å². The van der Waals surface area contributed by atoms with Crippen LogP contribution in [0.25, 0.3) is 21.9 Å². The van der Waals surface area contributed by atoms with E-state index in [4.69, 9.17) is 4.42 Å². The lowest BCUT2D eigenvalue weighted by Gasteiger charge is -2.25. The summed E-state index contributed by atoms with van der Waals surface area (Å²) >= 11 is 0.